The number of morpholine rings is 1. The smallest absolute Gasteiger partial charge is 0.264 e. The Balaban J connectivity index is 1.80. The Hall–Kier alpha value is -2.46. The molecular formula is C22H28N2O6S. The summed E-state index contributed by atoms with van der Waals surface area (Å²) < 4.78 is 39.1. The molecule has 1 amide bonds. The first kappa shape index (κ1) is 23.2. The number of hydrogen-bond donors (Lipinski definition) is 2. The molecule has 3 unspecified atom stereocenters. The van der Waals surface area contributed by atoms with Gasteiger partial charge in [0.2, 0.25) is 10.0 Å². The van der Waals surface area contributed by atoms with E-state index < -0.39 is 34.1 Å². The number of rotatable bonds is 7. The second kappa shape index (κ2) is 9.78. The molecule has 0 aliphatic carbocycles. The van der Waals surface area contributed by atoms with Gasteiger partial charge in [-0.3, -0.25) is 10.0 Å². The second-order valence-corrected chi connectivity index (χ2v) is 9.37. The number of carbonyl (C=O) groups is 1. The minimum atomic E-state index is -4.02. The number of nitrogens with zero attached hydrogens (tertiary/aromatic N) is 1. The molecule has 1 fully saturated rings. The maximum atomic E-state index is 13.3. The van der Waals surface area contributed by atoms with E-state index in [4.69, 9.17) is 14.7 Å². The molecule has 31 heavy (non-hydrogen) atoms. The lowest BCUT2D eigenvalue weighted by molar-refractivity contribution is -0.145. The van der Waals surface area contributed by atoms with E-state index in [0.717, 1.165) is 16.3 Å². The molecule has 1 aliphatic heterocycles. The fourth-order valence-electron chi connectivity index (χ4n) is 3.75. The van der Waals surface area contributed by atoms with Crippen LogP contribution < -0.4 is 10.2 Å². The van der Waals surface area contributed by atoms with E-state index in [1.54, 1.807) is 31.5 Å². The Bertz CT molecular complexity index is 1010. The van der Waals surface area contributed by atoms with E-state index in [0.29, 0.717) is 12.4 Å². The summed E-state index contributed by atoms with van der Waals surface area (Å²) >= 11 is 0. The van der Waals surface area contributed by atoms with Crippen molar-refractivity contribution >= 4 is 15.9 Å². The Labute approximate surface area is 182 Å². The molecule has 0 aromatic heterocycles. The first-order valence-corrected chi connectivity index (χ1v) is 11.6. The predicted molar refractivity (Wildman–Crippen MR) is 114 cm³/mol. The normalized spacial score (nSPS) is 22.1. The van der Waals surface area contributed by atoms with Gasteiger partial charge in [-0.2, -0.15) is 4.31 Å². The Morgan fingerprint density at radius 1 is 1.16 bits per heavy atom. The highest BCUT2D eigenvalue weighted by molar-refractivity contribution is 7.89. The standard InChI is InChI=1S/C22H28N2O6S/c1-4-17-7-5-6-8-18(17)14-30-19-9-11-20(12-10-19)31(27,28)24-15(2)13-29-16(3)21(24)22(25)23-26/h5-12,15-16,21,26H,4,13-14H2,1-3H3,(H,23,25). The maximum Gasteiger partial charge on any atom is 0.264 e. The molecule has 8 nitrogen and oxygen atoms in total. The van der Waals surface area contributed by atoms with Crippen LogP contribution in [0.1, 0.15) is 31.9 Å². The highest BCUT2D eigenvalue weighted by Crippen LogP contribution is 2.28. The van der Waals surface area contributed by atoms with Gasteiger partial charge in [0.05, 0.1) is 17.6 Å². The quantitative estimate of drug-likeness (QED) is 0.498. The second-order valence-electron chi connectivity index (χ2n) is 7.53. The summed E-state index contributed by atoms with van der Waals surface area (Å²) in [6.45, 7) is 5.86. The monoisotopic (exact) mass is 448 g/mol. The molecule has 1 heterocycles. The number of hydroxylamine groups is 1. The van der Waals surface area contributed by atoms with Gasteiger partial charge in [0.1, 0.15) is 18.4 Å². The fraction of sp³-hybridized carbons (Fsp3) is 0.409. The first-order chi connectivity index (χ1) is 14.8. The summed E-state index contributed by atoms with van der Waals surface area (Å²) in [4.78, 5) is 12.2. The zero-order valence-corrected chi connectivity index (χ0v) is 18.6. The van der Waals surface area contributed by atoms with Crippen molar-refractivity contribution < 1.29 is 27.9 Å². The van der Waals surface area contributed by atoms with Crippen LogP contribution in [0.2, 0.25) is 0 Å². The average Bonchev–Trinajstić information content (AvgIpc) is 2.78. The van der Waals surface area contributed by atoms with Crippen LogP contribution >= 0.6 is 0 Å². The van der Waals surface area contributed by atoms with Crippen LogP contribution in [0.3, 0.4) is 0 Å². The van der Waals surface area contributed by atoms with Crippen molar-refractivity contribution in [2.24, 2.45) is 0 Å². The summed E-state index contributed by atoms with van der Waals surface area (Å²) in [5.41, 5.74) is 3.82. The van der Waals surface area contributed by atoms with E-state index in [9.17, 15) is 13.2 Å². The average molecular weight is 449 g/mol. The van der Waals surface area contributed by atoms with Gasteiger partial charge in [-0.05, 0) is 55.7 Å². The van der Waals surface area contributed by atoms with Gasteiger partial charge in [-0.25, -0.2) is 13.9 Å². The summed E-state index contributed by atoms with van der Waals surface area (Å²) in [7, 11) is -4.02. The third kappa shape index (κ3) is 4.90. The maximum absolute atomic E-state index is 13.3. The van der Waals surface area contributed by atoms with Crippen LogP contribution in [0.4, 0.5) is 0 Å². The molecule has 2 aromatic rings. The Morgan fingerprint density at radius 2 is 1.81 bits per heavy atom. The molecule has 0 bridgehead atoms. The Morgan fingerprint density at radius 3 is 2.42 bits per heavy atom. The van der Waals surface area contributed by atoms with Crippen molar-refractivity contribution in [1.29, 1.82) is 0 Å². The van der Waals surface area contributed by atoms with Crippen LogP contribution in [0.15, 0.2) is 53.4 Å². The lowest BCUT2D eigenvalue weighted by Gasteiger charge is -2.41. The lowest BCUT2D eigenvalue weighted by Crippen LogP contribution is -2.62. The molecule has 0 radical (unpaired) electrons. The number of nitrogens with one attached hydrogen (secondary N) is 1. The zero-order valence-electron chi connectivity index (χ0n) is 17.8. The van der Waals surface area contributed by atoms with E-state index in [1.165, 1.54) is 17.7 Å². The van der Waals surface area contributed by atoms with Gasteiger partial charge in [0, 0.05) is 6.04 Å². The van der Waals surface area contributed by atoms with E-state index in [1.807, 2.05) is 18.2 Å². The zero-order chi connectivity index (χ0) is 22.6. The van der Waals surface area contributed by atoms with Crippen LogP contribution in [0.25, 0.3) is 0 Å². The summed E-state index contributed by atoms with van der Waals surface area (Å²) in [5.74, 6) is -0.296. The fourth-order valence-corrected chi connectivity index (χ4v) is 5.58. The summed E-state index contributed by atoms with van der Waals surface area (Å²) in [6, 6.07) is 12.3. The minimum absolute atomic E-state index is 0.0329. The van der Waals surface area contributed by atoms with E-state index in [-0.39, 0.29) is 11.5 Å². The molecule has 0 spiro atoms. The van der Waals surface area contributed by atoms with Gasteiger partial charge in [0.25, 0.3) is 5.91 Å². The molecule has 0 saturated carbocycles. The number of amides is 1. The number of carbonyl (C=O) groups excluding carboxylic acids is 1. The summed E-state index contributed by atoms with van der Waals surface area (Å²) in [6.07, 6.45) is 0.189. The van der Waals surface area contributed by atoms with Crippen LogP contribution in [0.5, 0.6) is 5.75 Å². The SMILES string of the molecule is CCc1ccccc1COc1ccc(S(=O)(=O)N2C(C)COC(C)C2C(=O)NO)cc1. The van der Waals surface area contributed by atoms with E-state index in [2.05, 4.69) is 13.0 Å². The molecule has 2 N–H and O–H groups in total. The topological polar surface area (TPSA) is 105 Å². The number of aryl methyl sites for hydroxylation is 1. The minimum Gasteiger partial charge on any atom is -0.489 e. The molecule has 9 heteroatoms. The molecule has 2 aromatic carbocycles. The van der Waals surface area contributed by atoms with Crippen molar-refractivity contribution in [3.05, 3.63) is 59.7 Å². The molecule has 1 aliphatic rings. The van der Waals surface area contributed by atoms with Crippen LogP contribution in [-0.2, 0) is 32.6 Å². The van der Waals surface area contributed by atoms with Crippen molar-refractivity contribution in [3.63, 3.8) is 0 Å². The highest BCUT2D eigenvalue weighted by atomic mass is 32.2. The van der Waals surface area contributed by atoms with Crippen molar-refractivity contribution in [3.8, 4) is 5.75 Å². The molecule has 1 saturated heterocycles. The predicted octanol–water partition coefficient (Wildman–Crippen LogP) is 2.50. The van der Waals surface area contributed by atoms with Gasteiger partial charge < -0.3 is 9.47 Å². The highest BCUT2D eigenvalue weighted by Gasteiger charge is 2.45. The van der Waals surface area contributed by atoms with Crippen molar-refractivity contribution in [1.82, 2.24) is 9.79 Å². The van der Waals surface area contributed by atoms with Gasteiger partial charge in [-0.15, -0.1) is 0 Å². The third-order valence-electron chi connectivity index (χ3n) is 5.43. The largest absolute Gasteiger partial charge is 0.489 e. The number of benzene rings is 2. The molecule has 3 rings (SSSR count). The molecule has 3 atom stereocenters. The third-order valence-corrected chi connectivity index (χ3v) is 7.44. The first-order valence-electron chi connectivity index (χ1n) is 10.2. The van der Waals surface area contributed by atoms with Crippen LogP contribution in [0, 0.1) is 0 Å². The van der Waals surface area contributed by atoms with Gasteiger partial charge in [-0.1, -0.05) is 31.2 Å². The number of sulfonamides is 1. The van der Waals surface area contributed by atoms with Crippen molar-refractivity contribution in [2.75, 3.05) is 6.61 Å². The number of hydrogen-bond acceptors (Lipinski definition) is 6. The van der Waals surface area contributed by atoms with Gasteiger partial charge >= 0.3 is 0 Å². The molecule has 168 valence electrons. The summed E-state index contributed by atoms with van der Waals surface area (Å²) in [5, 5.41) is 9.08. The van der Waals surface area contributed by atoms with Crippen molar-refractivity contribution in [2.45, 2.75) is 56.9 Å². The molecular weight excluding hydrogens is 420 g/mol. The van der Waals surface area contributed by atoms with Gasteiger partial charge in [0.15, 0.2) is 0 Å². The lowest BCUT2D eigenvalue weighted by atomic mass is 10.1. The number of ether oxygens (including phenoxy) is 2. The Kier molecular flexibility index (Phi) is 7.32. The van der Waals surface area contributed by atoms with E-state index >= 15 is 0 Å². The van der Waals surface area contributed by atoms with Crippen LogP contribution in [-0.4, -0.2) is 48.6 Å².